The number of methoxy groups -OCH3 is 1. The van der Waals surface area contributed by atoms with Crippen LogP contribution >= 0.6 is 34.7 Å². The number of carbonyl (C=O) groups is 1. The second-order valence-electron chi connectivity index (χ2n) is 5.96. The highest BCUT2D eigenvalue weighted by atomic mass is 35.5. The summed E-state index contributed by atoms with van der Waals surface area (Å²) in [7, 11) is 1.34. The van der Waals surface area contributed by atoms with Crippen LogP contribution in [0, 0.1) is 6.92 Å². The summed E-state index contributed by atoms with van der Waals surface area (Å²) in [6, 6.07) is 7.00. The van der Waals surface area contributed by atoms with Crippen molar-refractivity contribution >= 4 is 50.9 Å². The van der Waals surface area contributed by atoms with E-state index in [2.05, 4.69) is 6.92 Å². The summed E-state index contributed by atoms with van der Waals surface area (Å²) in [6.07, 6.45) is 1.92. The summed E-state index contributed by atoms with van der Waals surface area (Å²) >= 11 is 8.73. The Bertz CT molecular complexity index is 1040. The molecule has 0 saturated carbocycles. The van der Waals surface area contributed by atoms with E-state index in [0.29, 0.717) is 26.1 Å². The van der Waals surface area contributed by atoms with Crippen molar-refractivity contribution in [2.45, 2.75) is 31.8 Å². The number of thiophene rings is 1. The van der Waals surface area contributed by atoms with Gasteiger partial charge in [-0.3, -0.25) is 14.2 Å². The Hall–Kier alpha value is -1.83. The van der Waals surface area contributed by atoms with Crippen molar-refractivity contribution < 1.29 is 9.53 Å². The van der Waals surface area contributed by atoms with Crippen LogP contribution in [-0.4, -0.2) is 28.4 Å². The molecular formula is C19H19ClN2O3S2. The number of hydrogen-bond donors (Lipinski definition) is 0. The maximum absolute atomic E-state index is 13.4. The first kappa shape index (κ1) is 19.9. The summed E-state index contributed by atoms with van der Waals surface area (Å²) in [4.78, 5) is 31.5. The Morgan fingerprint density at radius 1 is 1.33 bits per heavy atom. The summed E-state index contributed by atoms with van der Waals surface area (Å²) in [5, 5.41) is 1.69. The van der Waals surface area contributed by atoms with Gasteiger partial charge >= 0.3 is 5.97 Å². The summed E-state index contributed by atoms with van der Waals surface area (Å²) in [6.45, 7) is 4.08. The van der Waals surface area contributed by atoms with Crippen LogP contribution in [0.25, 0.3) is 15.9 Å². The normalized spacial score (nSPS) is 11.1. The summed E-state index contributed by atoms with van der Waals surface area (Å²) in [5.74, 6) is -0.292. The lowest BCUT2D eigenvalue weighted by atomic mass is 10.1. The Labute approximate surface area is 170 Å². The molecule has 0 atom stereocenters. The molecule has 0 N–H and O–H groups in total. The third-order valence-electron chi connectivity index (χ3n) is 4.14. The lowest BCUT2D eigenvalue weighted by Crippen LogP contribution is -2.22. The smallest absolute Gasteiger partial charge is 0.316 e. The van der Waals surface area contributed by atoms with E-state index in [4.69, 9.17) is 21.3 Å². The minimum absolute atomic E-state index is 0.0776. The Morgan fingerprint density at radius 2 is 2.04 bits per heavy atom. The molecule has 0 fully saturated rings. The third kappa shape index (κ3) is 4.05. The van der Waals surface area contributed by atoms with E-state index in [9.17, 15) is 9.59 Å². The lowest BCUT2D eigenvalue weighted by molar-refractivity contribution is -0.137. The number of thioether (sulfide) groups is 1. The molecule has 0 unspecified atom stereocenters. The first-order chi connectivity index (χ1) is 13.0. The molecule has 0 spiro atoms. The van der Waals surface area contributed by atoms with Crippen LogP contribution in [0.5, 0.6) is 0 Å². The van der Waals surface area contributed by atoms with E-state index in [1.807, 2.05) is 6.92 Å². The van der Waals surface area contributed by atoms with Gasteiger partial charge in [-0.1, -0.05) is 36.7 Å². The minimum atomic E-state index is -0.369. The van der Waals surface area contributed by atoms with Crippen molar-refractivity contribution in [3.63, 3.8) is 0 Å². The zero-order valence-electron chi connectivity index (χ0n) is 15.2. The Morgan fingerprint density at radius 3 is 2.67 bits per heavy atom. The number of halogens is 1. The van der Waals surface area contributed by atoms with Gasteiger partial charge in [0.25, 0.3) is 5.56 Å². The second kappa shape index (κ2) is 8.46. The van der Waals surface area contributed by atoms with Gasteiger partial charge in [0.15, 0.2) is 5.16 Å². The third-order valence-corrected chi connectivity index (χ3v) is 6.55. The highest BCUT2D eigenvalue weighted by Crippen LogP contribution is 2.31. The fourth-order valence-corrected chi connectivity index (χ4v) is 5.06. The Kier molecular flexibility index (Phi) is 6.24. The average molecular weight is 423 g/mol. The monoisotopic (exact) mass is 422 g/mol. The van der Waals surface area contributed by atoms with E-state index in [0.717, 1.165) is 18.4 Å². The first-order valence-corrected chi connectivity index (χ1v) is 10.6. The molecule has 0 bridgehead atoms. The van der Waals surface area contributed by atoms with Crippen LogP contribution in [0.2, 0.25) is 5.02 Å². The molecule has 0 saturated heterocycles. The van der Waals surface area contributed by atoms with E-state index < -0.39 is 0 Å². The number of rotatable bonds is 6. The number of fused-ring (bicyclic) bond motifs is 1. The van der Waals surface area contributed by atoms with Crippen molar-refractivity contribution in [3.8, 4) is 5.69 Å². The molecule has 2 heterocycles. The van der Waals surface area contributed by atoms with Gasteiger partial charge in [0, 0.05) is 9.90 Å². The zero-order valence-corrected chi connectivity index (χ0v) is 17.6. The lowest BCUT2D eigenvalue weighted by Gasteiger charge is -2.12. The summed E-state index contributed by atoms with van der Waals surface area (Å²) < 4.78 is 6.26. The van der Waals surface area contributed by atoms with Crippen LogP contribution in [0.4, 0.5) is 0 Å². The molecule has 0 aliphatic carbocycles. The van der Waals surface area contributed by atoms with Crippen molar-refractivity contribution in [2.24, 2.45) is 0 Å². The predicted octanol–water partition coefficient (Wildman–Crippen LogP) is 4.63. The van der Waals surface area contributed by atoms with Crippen molar-refractivity contribution in [2.75, 3.05) is 12.9 Å². The predicted molar refractivity (Wildman–Crippen MR) is 112 cm³/mol. The highest BCUT2D eigenvalue weighted by molar-refractivity contribution is 7.99. The molecule has 1 aromatic carbocycles. The van der Waals surface area contributed by atoms with E-state index in [-0.39, 0.29) is 17.3 Å². The fraction of sp³-hybridized carbons (Fsp3) is 0.316. The van der Waals surface area contributed by atoms with Crippen molar-refractivity contribution in [1.29, 1.82) is 0 Å². The number of hydrogen-bond acceptors (Lipinski definition) is 6. The van der Waals surface area contributed by atoms with Gasteiger partial charge in [-0.05, 0) is 43.2 Å². The van der Waals surface area contributed by atoms with Gasteiger partial charge in [0.05, 0.1) is 23.9 Å². The van der Waals surface area contributed by atoms with E-state index >= 15 is 0 Å². The van der Waals surface area contributed by atoms with Crippen molar-refractivity contribution in [1.82, 2.24) is 9.55 Å². The van der Waals surface area contributed by atoms with Gasteiger partial charge in [-0.25, -0.2) is 4.98 Å². The molecule has 0 aliphatic rings. The summed E-state index contributed by atoms with van der Waals surface area (Å²) in [5.41, 5.74) is 1.51. The van der Waals surface area contributed by atoms with Crippen LogP contribution in [0.3, 0.4) is 0 Å². The van der Waals surface area contributed by atoms with Gasteiger partial charge in [0.1, 0.15) is 4.83 Å². The molecule has 142 valence electrons. The number of aromatic nitrogens is 2. The molecule has 27 heavy (non-hydrogen) atoms. The fourth-order valence-electron chi connectivity index (χ4n) is 2.77. The number of ether oxygens (including phenoxy) is 1. The Balaban J connectivity index is 2.23. The molecule has 3 aromatic rings. The van der Waals surface area contributed by atoms with Gasteiger partial charge in [0.2, 0.25) is 0 Å². The van der Waals surface area contributed by atoms with Crippen LogP contribution in [0.15, 0.2) is 34.2 Å². The molecule has 0 radical (unpaired) electrons. The molecule has 5 nitrogen and oxygen atoms in total. The number of aryl methyl sites for hydroxylation is 2. The van der Waals surface area contributed by atoms with Gasteiger partial charge < -0.3 is 4.74 Å². The SMILES string of the molecule is CCCc1sc2nc(SCC(=O)OC)n(-c3ccc(Cl)cc3)c(=O)c2c1C. The van der Waals surface area contributed by atoms with Crippen LogP contribution in [0.1, 0.15) is 23.8 Å². The molecule has 0 aliphatic heterocycles. The average Bonchev–Trinajstić information content (AvgIpc) is 2.97. The largest absolute Gasteiger partial charge is 0.468 e. The maximum atomic E-state index is 13.4. The topological polar surface area (TPSA) is 61.2 Å². The van der Waals surface area contributed by atoms with E-state index in [1.165, 1.54) is 23.7 Å². The molecule has 8 heteroatoms. The number of benzene rings is 1. The minimum Gasteiger partial charge on any atom is -0.468 e. The van der Waals surface area contributed by atoms with Crippen LogP contribution < -0.4 is 5.56 Å². The van der Waals surface area contributed by atoms with Crippen LogP contribution in [-0.2, 0) is 16.0 Å². The number of carbonyl (C=O) groups excluding carboxylic acids is 1. The van der Waals surface area contributed by atoms with Gasteiger partial charge in [-0.15, -0.1) is 11.3 Å². The molecule has 0 amide bonds. The number of nitrogens with zero attached hydrogens (tertiary/aromatic N) is 2. The van der Waals surface area contributed by atoms with E-state index in [1.54, 1.807) is 40.2 Å². The standard InChI is InChI=1S/C19H19ClN2O3S2/c1-4-5-14-11(2)16-17(27-14)21-19(26-10-15(23)25-3)22(18(16)24)13-8-6-12(20)7-9-13/h6-9H,4-5,10H2,1-3H3. The first-order valence-electron chi connectivity index (χ1n) is 8.46. The molecule has 2 aromatic heterocycles. The quantitative estimate of drug-likeness (QED) is 0.329. The highest BCUT2D eigenvalue weighted by Gasteiger charge is 2.19. The zero-order chi connectivity index (χ0) is 19.6. The molecule has 3 rings (SSSR count). The van der Waals surface area contributed by atoms with Crippen molar-refractivity contribution in [3.05, 3.63) is 50.1 Å². The maximum Gasteiger partial charge on any atom is 0.316 e. The second-order valence-corrected chi connectivity index (χ2v) is 8.42. The van der Waals surface area contributed by atoms with Gasteiger partial charge in [-0.2, -0.15) is 0 Å². The number of esters is 1. The molecular weight excluding hydrogens is 404 g/mol.